The Labute approximate surface area is 277 Å². The minimum absolute atomic E-state index is 0.0568. The molecule has 0 radical (unpaired) electrons. The molecule has 238 valence electrons. The molecule has 1 N–H and O–H groups in total. The van der Waals surface area contributed by atoms with Crippen molar-refractivity contribution in [3.63, 3.8) is 0 Å². The van der Waals surface area contributed by atoms with Gasteiger partial charge >= 0.3 is 5.97 Å². The van der Waals surface area contributed by atoms with Crippen LogP contribution in [0.2, 0.25) is 0 Å². The van der Waals surface area contributed by atoms with E-state index in [4.69, 9.17) is 45.6 Å². The van der Waals surface area contributed by atoms with E-state index in [0.29, 0.717) is 6.92 Å². The molecule has 2 unspecified atom stereocenters. The van der Waals surface area contributed by atoms with Crippen LogP contribution in [0.4, 0.5) is 0 Å². The van der Waals surface area contributed by atoms with Gasteiger partial charge in [-0.2, -0.15) is 4.31 Å². The van der Waals surface area contributed by atoms with Crippen molar-refractivity contribution in [1.29, 1.82) is 0 Å². The molecule has 2 heterocycles. The second kappa shape index (κ2) is 14.9. The van der Waals surface area contributed by atoms with Crippen LogP contribution in [0.25, 0.3) is 0 Å². The van der Waals surface area contributed by atoms with Crippen molar-refractivity contribution in [2.24, 2.45) is 17.7 Å². The van der Waals surface area contributed by atoms with E-state index in [1.165, 1.54) is 24.3 Å². The number of carbonyl (C=O) groups is 1. The Morgan fingerprint density at radius 3 is 2.63 bits per heavy atom. The van der Waals surface area contributed by atoms with E-state index in [1.807, 2.05) is 0 Å². The topological polar surface area (TPSA) is 121 Å². The van der Waals surface area contributed by atoms with Crippen LogP contribution in [0.3, 0.4) is 0 Å². The lowest BCUT2D eigenvalue weighted by Gasteiger charge is -2.30. The monoisotopic (exact) mass is 635 g/mol. The molecule has 43 heavy (non-hydrogen) atoms. The number of aliphatic hydroxyl groups is 1. The predicted octanol–water partition coefficient (Wildman–Crippen LogP) is 4.04. The van der Waals surface area contributed by atoms with E-state index >= 15 is 0 Å². The molecule has 2 aromatic carbocycles. The zero-order valence-corrected chi connectivity index (χ0v) is 24.3. The fourth-order valence-electron chi connectivity index (χ4n) is 4.64. The Kier molecular flexibility index (Phi) is 6.11. The predicted molar refractivity (Wildman–Crippen MR) is 160 cm³/mol. The lowest BCUT2D eigenvalue weighted by atomic mass is 9.90. The molecule has 2 aromatic rings. The summed E-state index contributed by atoms with van der Waals surface area (Å²) in [7, 11) is -8.18. The van der Waals surface area contributed by atoms with Gasteiger partial charge in [0.2, 0.25) is 10.0 Å². The molecule has 2 saturated heterocycles. The number of esters is 1. The van der Waals surface area contributed by atoms with Crippen LogP contribution in [-0.4, -0.2) is 81.6 Å². The molecule has 0 saturated carbocycles. The Bertz CT molecular complexity index is 1910. The van der Waals surface area contributed by atoms with Gasteiger partial charge in [0.05, 0.1) is 59.2 Å². The normalized spacial score (nSPS) is 34.0. The molecule has 10 nitrogen and oxygen atoms in total. The van der Waals surface area contributed by atoms with Crippen LogP contribution in [0, 0.1) is 17.7 Å². The Balaban J connectivity index is 1.75. The quantitative estimate of drug-likeness (QED) is 0.289. The van der Waals surface area contributed by atoms with E-state index in [0.717, 1.165) is 31.2 Å². The summed E-state index contributed by atoms with van der Waals surface area (Å²) in [6, 6.07) is 8.80. The third-order valence-electron chi connectivity index (χ3n) is 6.72. The molecule has 2 aliphatic heterocycles. The third kappa shape index (κ3) is 8.92. The summed E-state index contributed by atoms with van der Waals surface area (Å²) in [6.07, 6.45) is -9.48. The number of methoxy groups -OCH3 is 1. The van der Waals surface area contributed by atoms with Gasteiger partial charge in [0.1, 0.15) is 17.6 Å². The van der Waals surface area contributed by atoms with Gasteiger partial charge in [0.25, 0.3) is 0 Å². The first-order valence-electron chi connectivity index (χ1n) is 21.3. The summed E-state index contributed by atoms with van der Waals surface area (Å²) in [5.41, 5.74) is 0.272. The third-order valence-corrected chi connectivity index (χ3v) is 8.40. The highest BCUT2D eigenvalue weighted by Gasteiger charge is 2.44. The molecular formula is C32H45NO9S. The maximum atomic E-state index is 14.3. The number of rotatable bonds is 15. The van der Waals surface area contributed by atoms with Crippen molar-refractivity contribution in [1.82, 2.24) is 4.31 Å². The van der Waals surface area contributed by atoms with E-state index in [2.05, 4.69) is 0 Å². The van der Waals surface area contributed by atoms with E-state index in [9.17, 15) is 18.3 Å². The highest BCUT2D eigenvalue weighted by Crippen LogP contribution is 2.34. The Hall–Kier alpha value is -2.70. The number of hydrogen-bond donors (Lipinski definition) is 1. The lowest BCUT2D eigenvalue weighted by molar-refractivity contribution is -0.153. The average Bonchev–Trinajstić information content (AvgIpc) is 3.60. The molecule has 0 aromatic heterocycles. The summed E-state index contributed by atoms with van der Waals surface area (Å²) >= 11 is 0. The number of ether oxygens (including phenoxy) is 5. The maximum absolute atomic E-state index is 14.3. The summed E-state index contributed by atoms with van der Waals surface area (Å²) in [6.45, 7) is -12.4. The fourth-order valence-corrected chi connectivity index (χ4v) is 5.98. The van der Waals surface area contributed by atoms with Crippen LogP contribution in [0.15, 0.2) is 53.4 Å². The first-order chi connectivity index (χ1) is 26.6. The number of sulfonamides is 1. The zero-order valence-electron chi connectivity index (χ0n) is 39.5. The van der Waals surface area contributed by atoms with Crippen molar-refractivity contribution in [2.45, 2.75) is 76.3 Å². The van der Waals surface area contributed by atoms with Crippen LogP contribution < -0.4 is 9.47 Å². The molecule has 11 heteroatoms. The Morgan fingerprint density at radius 2 is 1.93 bits per heavy atom. The minimum atomic E-state index is -5.26. The number of hydrogen-bond acceptors (Lipinski definition) is 9. The smallest absolute Gasteiger partial charge is 0.306 e. The van der Waals surface area contributed by atoms with Crippen molar-refractivity contribution >= 4 is 16.0 Å². The highest BCUT2D eigenvalue weighted by molar-refractivity contribution is 7.89. The number of fused-ring (bicyclic) bond motifs is 1. The van der Waals surface area contributed by atoms with E-state index < -0.39 is 110 Å². The van der Waals surface area contributed by atoms with Crippen LogP contribution in [0.1, 0.15) is 67.9 Å². The molecule has 0 aliphatic carbocycles. The van der Waals surface area contributed by atoms with Crippen LogP contribution in [0.5, 0.6) is 11.5 Å². The van der Waals surface area contributed by atoms with Crippen molar-refractivity contribution < 1.29 is 63.9 Å². The molecular weight excluding hydrogens is 574 g/mol. The van der Waals surface area contributed by atoms with Crippen LogP contribution in [-0.2, 0) is 35.4 Å². The summed E-state index contributed by atoms with van der Waals surface area (Å²) in [5.74, 6) is -7.41. The number of carbonyl (C=O) groups excluding carboxylic acids is 1. The minimum Gasteiger partial charge on any atom is -0.497 e. The maximum Gasteiger partial charge on any atom is 0.306 e. The lowest BCUT2D eigenvalue weighted by Crippen LogP contribution is -2.43. The van der Waals surface area contributed by atoms with Gasteiger partial charge in [-0.25, -0.2) is 8.42 Å². The summed E-state index contributed by atoms with van der Waals surface area (Å²) in [4.78, 5) is 12.9. The van der Waals surface area contributed by atoms with Crippen molar-refractivity contribution in [2.75, 3.05) is 33.2 Å². The summed E-state index contributed by atoms with van der Waals surface area (Å²) in [5, 5.41) is 11.8. The molecule has 4 rings (SSSR count). The Morgan fingerprint density at radius 1 is 1.19 bits per heavy atom. The first-order valence-corrected chi connectivity index (χ1v) is 14.8. The first kappa shape index (κ1) is 17.7. The van der Waals surface area contributed by atoms with Gasteiger partial charge in [0, 0.05) is 31.3 Å². The standard InChI is InChI=1S/C32H45NO9S/c1-21(2)18-33(43(36,37)27-12-10-25(38-5)11-13-27)19-29(34)24(16-23-6-8-26(9-7-23)41-22(3)4)17-31(35)42-30-20-40-32-28(30)14-15-39-32/h6-13,21-22,24,28-30,32,34H,14-20H2,1-5H3/t24-,28+,29-,30+,32-/m1/s1/i1D3,3D3,5D3,18D2,20D2,21D,22D,30D/t21?,22?,24-,28+,29-,30+,32-. The molecule has 0 spiro atoms. The van der Waals surface area contributed by atoms with Gasteiger partial charge in [0.15, 0.2) is 6.29 Å². The zero-order chi connectivity index (χ0) is 45.0. The average molecular weight is 636 g/mol. The van der Waals surface area contributed by atoms with Gasteiger partial charge in [-0.1, -0.05) is 25.9 Å². The fraction of sp³-hybridized carbons (Fsp3) is 0.594. The van der Waals surface area contributed by atoms with Crippen molar-refractivity contribution in [3.05, 3.63) is 54.1 Å². The van der Waals surface area contributed by atoms with E-state index in [1.54, 1.807) is 0 Å². The van der Waals surface area contributed by atoms with Gasteiger partial charge in [-0.05, 0) is 74.5 Å². The number of aliphatic hydroxyl groups excluding tert-OH is 1. The summed E-state index contributed by atoms with van der Waals surface area (Å²) < 4.78 is 182. The molecule has 2 fully saturated rings. The SMILES string of the molecule is [2H]C([2H])([2H])Oc1ccc(S(=O)(=O)N(C[C@@H](O)[C@@H](CC(=O)O[C@]2([2H])[C@@H]3CCO[C@@H]3OC2([2H])[2H])Cc2ccc(OC([2H])(C)C([2H])([2H])[2H])cc2)C([2H])([2H])C([2H])(C)C([2H])([2H])[2H])cc1. The molecule has 0 bridgehead atoms. The van der Waals surface area contributed by atoms with Crippen molar-refractivity contribution in [3.8, 4) is 11.5 Å². The van der Waals surface area contributed by atoms with Gasteiger partial charge in [-0.15, -0.1) is 0 Å². The van der Waals surface area contributed by atoms with Gasteiger partial charge in [-0.3, -0.25) is 4.79 Å². The molecule has 0 amide bonds. The molecule has 2 aliphatic rings. The van der Waals surface area contributed by atoms with Gasteiger partial charge < -0.3 is 28.8 Å². The molecule has 7 atom stereocenters. The largest absolute Gasteiger partial charge is 0.497 e. The second-order valence-corrected chi connectivity index (χ2v) is 11.9. The van der Waals surface area contributed by atoms with Crippen LogP contribution >= 0.6 is 0 Å². The second-order valence-electron chi connectivity index (χ2n) is 10.1. The number of benzene rings is 2. The highest BCUT2D eigenvalue weighted by atomic mass is 32.2. The van der Waals surface area contributed by atoms with E-state index in [-0.39, 0.29) is 40.8 Å². The number of nitrogens with zero attached hydrogens (tertiary/aromatic N) is 1.